The molecule has 3 heterocycles. The highest BCUT2D eigenvalue weighted by atomic mass is 79.9. The molecule has 6 rings (SSSR count). The van der Waals surface area contributed by atoms with Gasteiger partial charge in [-0.15, -0.1) is 0 Å². The van der Waals surface area contributed by atoms with Gasteiger partial charge in [0, 0.05) is 21.0 Å². The zero-order valence-corrected chi connectivity index (χ0v) is 24.3. The summed E-state index contributed by atoms with van der Waals surface area (Å²) in [5, 5.41) is 2.61. The van der Waals surface area contributed by atoms with E-state index in [1.54, 1.807) is 55.6 Å². The van der Waals surface area contributed by atoms with Gasteiger partial charge in [0.25, 0.3) is 0 Å². The standard InChI is InChI=1S/C29H22BrN3O5S2/c1-38-20-12-10-18(11-13-20)31-21(34)15-32-28-25(40-29(32)37)22(16-6-5-7-17(30)14-16)23-24(39-28)27(36)33(26(23)35)19-8-3-2-4-9-19/h2-14,22-24H,15H2,1H3,(H,31,34). The number of aromatic nitrogens is 1. The number of imide groups is 1. The van der Waals surface area contributed by atoms with Crippen molar-refractivity contribution in [2.45, 2.75) is 22.7 Å². The molecular formula is C29H22BrN3O5S2. The number of anilines is 2. The number of thiazole rings is 1. The molecule has 4 aromatic rings. The highest BCUT2D eigenvalue weighted by Gasteiger charge is 2.56. The number of rotatable bonds is 6. The van der Waals surface area contributed by atoms with E-state index in [1.807, 2.05) is 30.3 Å². The van der Waals surface area contributed by atoms with Crippen LogP contribution in [0.25, 0.3) is 0 Å². The van der Waals surface area contributed by atoms with E-state index >= 15 is 0 Å². The first-order valence-corrected chi connectivity index (χ1v) is 14.9. The van der Waals surface area contributed by atoms with Crippen LogP contribution in [0.2, 0.25) is 0 Å². The number of para-hydroxylation sites is 1. The predicted molar refractivity (Wildman–Crippen MR) is 158 cm³/mol. The molecule has 0 spiro atoms. The molecule has 0 saturated carbocycles. The van der Waals surface area contributed by atoms with E-state index in [0.717, 1.165) is 21.4 Å². The monoisotopic (exact) mass is 635 g/mol. The summed E-state index contributed by atoms with van der Waals surface area (Å²) in [6.45, 7) is -0.225. The second kappa shape index (κ2) is 10.7. The molecule has 2 aliphatic rings. The van der Waals surface area contributed by atoms with Gasteiger partial charge in [0.2, 0.25) is 17.7 Å². The topological polar surface area (TPSA) is 97.7 Å². The molecule has 1 aromatic heterocycles. The van der Waals surface area contributed by atoms with Crippen molar-refractivity contribution in [3.63, 3.8) is 0 Å². The molecule has 0 bridgehead atoms. The number of carbonyl (C=O) groups excluding carboxylic acids is 3. The average Bonchev–Trinajstić information content (AvgIpc) is 3.40. The van der Waals surface area contributed by atoms with Crippen LogP contribution in [-0.2, 0) is 20.9 Å². The van der Waals surface area contributed by atoms with Crippen molar-refractivity contribution in [2.75, 3.05) is 17.3 Å². The number of amides is 3. The fourth-order valence-electron chi connectivity index (χ4n) is 5.16. The smallest absolute Gasteiger partial charge is 0.308 e. The van der Waals surface area contributed by atoms with Crippen molar-refractivity contribution < 1.29 is 19.1 Å². The van der Waals surface area contributed by atoms with Gasteiger partial charge in [-0.2, -0.15) is 0 Å². The van der Waals surface area contributed by atoms with Crippen molar-refractivity contribution in [2.24, 2.45) is 5.92 Å². The molecular weight excluding hydrogens is 614 g/mol. The number of halogens is 1. The van der Waals surface area contributed by atoms with E-state index in [9.17, 15) is 19.2 Å². The lowest BCUT2D eigenvalue weighted by Gasteiger charge is -2.30. The quantitative estimate of drug-likeness (QED) is 0.296. The molecule has 3 unspecified atom stereocenters. The van der Waals surface area contributed by atoms with Gasteiger partial charge in [-0.05, 0) is 54.1 Å². The summed E-state index contributed by atoms with van der Waals surface area (Å²) in [6, 6.07) is 23.3. The molecule has 1 saturated heterocycles. The lowest BCUT2D eigenvalue weighted by Crippen LogP contribution is -2.33. The number of nitrogens with zero attached hydrogens (tertiary/aromatic N) is 2. The minimum Gasteiger partial charge on any atom is -0.497 e. The highest BCUT2D eigenvalue weighted by molar-refractivity contribution is 9.10. The SMILES string of the molecule is COc1ccc(NC(=O)Cn2c3c(sc2=O)C(c2cccc(Br)c2)C2C(=O)N(c4ccccc4)C(=O)C2S3)cc1. The van der Waals surface area contributed by atoms with Crippen molar-refractivity contribution >= 4 is 68.1 Å². The van der Waals surface area contributed by atoms with Gasteiger partial charge in [0.05, 0.1) is 23.7 Å². The first-order valence-electron chi connectivity index (χ1n) is 12.4. The van der Waals surface area contributed by atoms with Crippen LogP contribution >= 0.6 is 39.0 Å². The van der Waals surface area contributed by atoms with Crippen molar-refractivity contribution in [3.05, 3.63) is 103 Å². The number of fused-ring (bicyclic) bond motifs is 2. The summed E-state index contributed by atoms with van der Waals surface area (Å²) < 4.78 is 7.39. The van der Waals surface area contributed by atoms with Crippen LogP contribution in [0.4, 0.5) is 11.4 Å². The van der Waals surface area contributed by atoms with Crippen LogP contribution in [-0.4, -0.2) is 34.6 Å². The second-order valence-corrected chi connectivity index (χ2v) is 12.4. The van der Waals surface area contributed by atoms with Crippen LogP contribution in [0.1, 0.15) is 16.4 Å². The van der Waals surface area contributed by atoms with Gasteiger partial charge in [0.15, 0.2) is 0 Å². The summed E-state index contributed by atoms with van der Waals surface area (Å²) in [5.41, 5.74) is 1.90. The highest BCUT2D eigenvalue weighted by Crippen LogP contribution is 2.54. The normalized spacial score (nSPS) is 19.8. The first-order chi connectivity index (χ1) is 19.4. The van der Waals surface area contributed by atoms with Crippen LogP contribution in [0.15, 0.2) is 93.2 Å². The Balaban J connectivity index is 1.39. The average molecular weight is 637 g/mol. The van der Waals surface area contributed by atoms with Crippen molar-refractivity contribution in [1.82, 2.24) is 4.57 Å². The summed E-state index contributed by atoms with van der Waals surface area (Å²) in [6.07, 6.45) is 0. The minimum absolute atomic E-state index is 0.225. The molecule has 1 fully saturated rings. The van der Waals surface area contributed by atoms with Gasteiger partial charge in [-0.3, -0.25) is 23.7 Å². The Morgan fingerprint density at radius 3 is 2.42 bits per heavy atom. The molecule has 202 valence electrons. The van der Waals surface area contributed by atoms with E-state index in [2.05, 4.69) is 21.2 Å². The molecule has 3 amide bonds. The minimum atomic E-state index is -0.742. The number of nitrogens with one attached hydrogen (secondary N) is 1. The molecule has 0 aliphatic carbocycles. The Hall–Kier alpha value is -3.67. The number of ether oxygens (including phenoxy) is 1. The molecule has 2 aliphatic heterocycles. The van der Waals surface area contributed by atoms with E-state index < -0.39 is 17.1 Å². The summed E-state index contributed by atoms with van der Waals surface area (Å²) in [5.74, 6) is -1.56. The Bertz CT molecular complexity index is 1690. The molecule has 3 atom stereocenters. The zero-order valence-electron chi connectivity index (χ0n) is 21.1. The number of benzene rings is 3. The molecule has 11 heteroatoms. The lowest BCUT2D eigenvalue weighted by molar-refractivity contribution is -0.122. The Labute approximate surface area is 246 Å². The fraction of sp³-hybridized carbons (Fsp3) is 0.172. The fourth-order valence-corrected chi connectivity index (χ4v) is 8.35. The number of hydrogen-bond acceptors (Lipinski definition) is 7. The molecule has 8 nitrogen and oxygen atoms in total. The van der Waals surface area contributed by atoms with E-state index in [0.29, 0.717) is 27.0 Å². The Morgan fingerprint density at radius 2 is 1.73 bits per heavy atom. The van der Waals surface area contributed by atoms with Crippen LogP contribution in [0.3, 0.4) is 0 Å². The number of carbonyl (C=O) groups is 3. The first kappa shape index (κ1) is 26.5. The van der Waals surface area contributed by atoms with E-state index in [4.69, 9.17) is 4.74 Å². The Kier molecular flexibility index (Phi) is 7.11. The second-order valence-electron chi connectivity index (χ2n) is 9.34. The summed E-state index contributed by atoms with van der Waals surface area (Å²) in [7, 11) is 1.56. The molecule has 3 aromatic carbocycles. The molecule has 1 N–H and O–H groups in total. The maximum absolute atomic E-state index is 13.9. The molecule has 0 radical (unpaired) electrons. The van der Waals surface area contributed by atoms with Crippen LogP contribution in [0.5, 0.6) is 5.75 Å². The van der Waals surface area contributed by atoms with Crippen LogP contribution < -0.4 is 19.8 Å². The third-order valence-corrected chi connectivity index (χ3v) is 10.0. The zero-order chi connectivity index (χ0) is 28.0. The third kappa shape index (κ3) is 4.67. The van der Waals surface area contributed by atoms with Gasteiger partial charge in [0.1, 0.15) is 17.5 Å². The number of methoxy groups -OCH3 is 1. The van der Waals surface area contributed by atoms with Crippen molar-refractivity contribution in [3.8, 4) is 5.75 Å². The largest absolute Gasteiger partial charge is 0.497 e. The van der Waals surface area contributed by atoms with Gasteiger partial charge in [-0.1, -0.05) is 69.4 Å². The maximum atomic E-state index is 13.9. The third-order valence-electron chi connectivity index (χ3n) is 6.95. The van der Waals surface area contributed by atoms with Gasteiger partial charge >= 0.3 is 4.87 Å². The van der Waals surface area contributed by atoms with Crippen molar-refractivity contribution in [1.29, 1.82) is 0 Å². The lowest BCUT2D eigenvalue weighted by atomic mass is 9.83. The summed E-state index contributed by atoms with van der Waals surface area (Å²) >= 11 is 5.73. The predicted octanol–water partition coefficient (Wildman–Crippen LogP) is 5.12. The number of thioether (sulfide) groups is 1. The maximum Gasteiger partial charge on any atom is 0.308 e. The summed E-state index contributed by atoms with van der Waals surface area (Å²) in [4.78, 5) is 55.5. The van der Waals surface area contributed by atoms with Gasteiger partial charge in [-0.25, -0.2) is 4.90 Å². The van der Waals surface area contributed by atoms with Crippen LogP contribution in [0, 0.1) is 5.92 Å². The van der Waals surface area contributed by atoms with E-state index in [1.165, 1.54) is 21.2 Å². The molecule has 40 heavy (non-hydrogen) atoms. The van der Waals surface area contributed by atoms with E-state index in [-0.39, 0.29) is 29.1 Å². The van der Waals surface area contributed by atoms with Gasteiger partial charge < -0.3 is 10.1 Å². The Morgan fingerprint density at radius 1 is 0.975 bits per heavy atom. The number of hydrogen-bond donors (Lipinski definition) is 1.